The molecule has 0 spiro atoms. The molecule has 0 saturated carbocycles. The van der Waals surface area contributed by atoms with Gasteiger partial charge in [-0.1, -0.05) is 55.5 Å². The Morgan fingerprint density at radius 1 is 1.05 bits per heavy atom. The number of halogens is 1. The highest BCUT2D eigenvalue weighted by Crippen LogP contribution is 2.21. The molecular formula is C16H17FO2. The number of hydrogen-bond donors (Lipinski definition) is 0. The van der Waals surface area contributed by atoms with Crippen LogP contribution in [0.1, 0.15) is 13.3 Å². The number of carbonyl (C=O) groups excluding carboxylic acids is 1. The fourth-order valence-corrected chi connectivity index (χ4v) is 1.46. The molecule has 100 valence electrons. The number of rotatable bonds is 2. The molecule has 0 fully saturated rings. The van der Waals surface area contributed by atoms with Crippen LogP contribution in [0.15, 0.2) is 54.6 Å². The molecule has 0 unspecified atom stereocenters. The molecular weight excluding hydrogens is 243 g/mol. The predicted molar refractivity (Wildman–Crippen MR) is 74.1 cm³/mol. The van der Waals surface area contributed by atoms with Gasteiger partial charge < -0.3 is 4.74 Å². The lowest BCUT2D eigenvalue weighted by Gasteiger charge is -2.01. The number of methoxy groups -OCH3 is 1. The number of esters is 1. The van der Waals surface area contributed by atoms with Gasteiger partial charge in [-0.15, -0.1) is 0 Å². The summed E-state index contributed by atoms with van der Waals surface area (Å²) in [5, 5.41) is 0. The molecule has 0 aliphatic carbocycles. The first-order chi connectivity index (χ1) is 9.19. The third-order valence-electron chi connectivity index (χ3n) is 2.47. The predicted octanol–water partition coefficient (Wildman–Crippen LogP) is 4.06. The third kappa shape index (κ3) is 4.92. The summed E-state index contributed by atoms with van der Waals surface area (Å²) in [5.74, 6) is -0.330. The van der Waals surface area contributed by atoms with Crippen LogP contribution in [0.2, 0.25) is 0 Å². The Bertz CT molecular complexity index is 503. The van der Waals surface area contributed by atoms with Gasteiger partial charge in [0.2, 0.25) is 0 Å². The Balaban J connectivity index is 0.000000258. The van der Waals surface area contributed by atoms with E-state index in [-0.39, 0.29) is 11.8 Å². The molecule has 2 aromatic rings. The largest absolute Gasteiger partial charge is 0.469 e. The van der Waals surface area contributed by atoms with E-state index in [1.54, 1.807) is 19.1 Å². The van der Waals surface area contributed by atoms with E-state index in [1.165, 1.54) is 13.2 Å². The minimum absolute atomic E-state index is 0.157. The van der Waals surface area contributed by atoms with Crippen molar-refractivity contribution < 1.29 is 13.9 Å². The smallest absolute Gasteiger partial charge is 0.305 e. The second-order valence-electron chi connectivity index (χ2n) is 3.78. The SMILES string of the molecule is CCC(=O)OC.Fc1ccccc1-c1ccccc1. The molecule has 0 N–H and O–H groups in total. The quantitative estimate of drug-likeness (QED) is 0.761. The van der Waals surface area contributed by atoms with Crippen molar-refractivity contribution in [3.63, 3.8) is 0 Å². The van der Waals surface area contributed by atoms with Gasteiger partial charge in [-0.3, -0.25) is 4.79 Å². The molecule has 0 atom stereocenters. The van der Waals surface area contributed by atoms with Crippen LogP contribution in [0.25, 0.3) is 11.1 Å². The molecule has 0 aliphatic rings. The van der Waals surface area contributed by atoms with Crippen LogP contribution < -0.4 is 0 Å². The minimum Gasteiger partial charge on any atom is -0.469 e. The molecule has 0 bridgehead atoms. The zero-order chi connectivity index (χ0) is 14.1. The van der Waals surface area contributed by atoms with E-state index in [0.29, 0.717) is 12.0 Å². The molecule has 0 heterocycles. The first-order valence-electron chi connectivity index (χ1n) is 6.05. The van der Waals surface area contributed by atoms with Crippen molar-refractivity contribution in [1.29, 1.82) is 0 Å². The maximum Gasteiger partial charge on any atom is 0.305 e. The lowest BCUT2D eigenvalue weighted by atomic mass is 10.1. The van der Waals surface area contributed by atoms with E-state index >= 15 is 0 Å². The zero-order valence-corrected chi connectivity index (χ0v) is 11.1. The molecule has 2 nitrogen and oxygen atoms in total. The van der Waals surface area contributed by atoms with E-state index in [0.717, 1.165) is 5.56 Å². The first kappa shape index (κ1) is 14.9. The molecule has 0 saturated heterocycles. The highest BCUT2D eigenvalue weighted by molar-refractivity contribution is 5.68. The van der Waals surface area contributed by atoms with Crippen molar-refractivity contribution in [2.75, 3.05) is 7.11 Å². The highest BCUT2D eigenvalue weighted by atomic mass is 19.1. The van der Waals surface area contributed by atoms with Crippen molar-refractivity contribution in [2.45, 2.75) is 13.3 Å². The fraction of sp³-hybridized carbons (Fsp3) is 0.188. The summed E-state index contributed by atoms with van der Waals surface area (Å²) in [6, 6.07) is 16.3. The molecule has 19 heavy (non-hydrogen) atoms. The molecule has 2 rings (SSSR count). The third-order valence-corrected chi connectivity index (χ3v) is 2.47. The molecule has 0 aliphatic heterocycles. The molecule has 0 aromatic heterocycles. The van der Waals surface area contributed by atoms with Gasteiger partial charge in [0.05, 0.1) is 7.11 Å². The van der Waals surface area contributed by atoms with Gasteiger partial charge in [-0.05, 0) is 11.6 Å². The van der Waals surface area contributed by atoms with Crippen LogP contribution in [0, 0.1) is 5.82 Å². The Morgan fingerprint density at radius 2 is 1.63 bits per heavy atom. The van der Waals surface area contributed by atoms with Crippen molar-refractivity contribution in [3.05, 3.63) is 60.4 Å². The van der Waals surface area contributed by atoms with Crippen molar-refractivity contribution >= 4 is 5.97 Å². The zero-order valence-electron chi connectivity index (χ0n) is 11.1. The van der Waals surface area contributed by atoms with E-state index in [2.05, 4.69) is 4.74 Å². The van der Waals surface area contributed by atoms with Crippen LogP contribution in [0.4, 0.5) is 4.39 Å². The molecule has 0 amide bonds. The fourth-order valence-electron chi connectivity index (χ4n) is 1.46. The normalized spacial score (nSPS) is 9.21. The summed E-state index contributed by atoms with van der Waals surface area (Å²) in [6.45, 7) is 1.76. The Morgan fingerprint density at radius 3 is 2.11 bits per heavy atom. The van der Waals surface area contributed by atoms with Crippen molar-refractivity contribution in [1.82, 2.24) is 0 Å². The van der Waals surface area contributed by atoms with Crippen molar-refractivity contribution in [2.24, 2.45) is 0 Å². The van der Waals surface area contributed by atoms with Gasteiger partial charge in [-0.25, -0.2) is 4.39 Å². The van der Waals surface area contributed by atoms with Crippen LogP contribution in [0.5, 0.6) is 0 Å². The maximum atomic E-state index is 13.3. The lowest BCUT2D eigenvalue weighted by Crippen LogP contribution is -1.94. The Labute approximate surface area is 112 Å². The summed E-state index contributed by atoms with van der Waals surface area (Å²) in [7, 11) is 1.38. The van der Waals surface area contributed by atoms with Gasteiger partial charge in [-0.2, -0.15) is 0 Å². The Hall–Kier alpha value is -2.16. The highest BCUT2D eigenvalue weighted by Gasteiger charge is 2.01. The number of benzene rings is 2. The van der Waals surface area contributed by atoms with E-state index in [4.69, 9.17) is 0 Å². The van der Waals surface area contributed by atoms with Gasteiger partial charge in [0.15, 0.2) is 0 Å². The number of ether oxygens (including phenoxy) is 1. The average molecular weight is 260 g/mol. The van der Waals surface area contributed by atoms with E-state index in [1.807, 2.05) is 36.4 Å². The van der Waals surface area contributed by atoms with Gasteiger partial charge in [0, 0.05) is 12.0 Å². The van der Waals surface area contributed by atoms with Crippen molar-refractivity contribution in [3.8, 4) is 11.1 Å². The summed E-state index contributed by atoms with van der Waals surface area (Å²) >= 11 is 0. The molecule has 3 heteroatoms. The second kappa shape index (κ2) is 8.03. The van der Waals surface area contributed by atoms with Gasteiger partial charge in [0.1, 0.15) is 5.82 Å². The Kier molecular flexibility index (Phi) is 6.30. The minimum atomic E-state index is -0.172. The van der Waals surface area contributed by atoms with Crippen LogP contribution >= 0.6 is 0 Å². The number of carbonyl (C=O) groups is 1. The molecule has 2 aromatic carbocycles. The first-order valence-corrected chi connectivity index (χ1v) is 6.05. The van der Waals surface area contributed by atoms with E-state index < -0.39 is 0 Å². The average Bonchev–Trinajstić information content (AvgIpc) is 2.48. The summed E-state index contributed by atoms with van der Waals surface area (Å²) < 4.78 is 17.5. The van der Waals surface area contributed by atoms with E-state index in [9.17, 15) is 9.18 Å². The van der Waals surface area contributed by atoms with Crippen LogP contribution in [0.3, 0.4) is 0 Å². The lowest BCUT2D eigenvalue weighted by molar-refractivity contribution is -0.140. The summed E-state index contributed by atoms with van der Waals surface area (Å²) in [5.41, 5.74) is 1.57. The maximum absolute atomic E-state index is 13.3. The summed E-state index contributed by atoms with van der Waals surface area (Å²) in [4.78, 5) is 9.96. The van der Waals surface area contributed by atoms with Gasteiger partial charge in [0.25, 0.3) is 0 Å². The standard InChI is InChI=1S/C12H9F.C4H8O2/c13-12-9-5-4-8-11(12)10-6-2-1-3-7-10;1-3-4(5)6-2/h1-9H;3H2,1-2H3. The number of hydrogen-bond acceptors (Lipinski definition) is 2. The van der Waals surface area contributed by atoms with Crippen LogP contribution in [-0.4, -0.2) is 13.1 Å². The second-order valence-corrected chi connectivity index (χ2v) is 3.78. The topological polar surface area (TPSA) is 26.3 Å². The monoisotopic (exact) mass is 260 g/mol. The summed E-state index contributed by atoms with van der Waals surface area (Å²) in [6.07, 6.45) is 0.469. The molecule has 0 radical (unpaired) electrons. The van der Waals surface area contributed by atoms with Gasteiger partial charge >= 0.3 is 5.97 Å². The van der Waals surface area contributed by atoms with Crippen LogP contribution in [-0.2, 0) is 9.53 Å².